The second-order valence-corrected chi connectivity index (χ2v) is 10.2. The Bertz CT molecular complexity index is 1280. The number of methoxy groups -OCH3 is 4. The molecule has 0 unspecified atom stereocenters. The van der Waals surface area contributed by atoms with Gasteiger partial charge in [-0.2, -0.15) is 0 Å². The molecule has 1 saturated heterocycles. The molecular formula is C31H42N4O6. The van der Waals surface area contributed by atoms with Crippen LogP contribution in [-0.4, -0.2) is 81.4 Å². The highest BCUT2D eigenvalue weighted by Crippen LogP contribution is 2.40. The van der Waals surface area contributed by atoms with Gasteiger partial charge < -0.3 is 34.1 Å². The van der Waals surface area contributed by atoms with E-state index < -0.39 is 0 Å². The Hall–Kier alpha value is -4.08. The summed E-state index contributed by atoms with van der Waals surface area (Å²) in [7, 11) is 6.44. The summed E-state index contributed by atoms with van der Waals surface area (Å²) in [5, 5.41) is 3.00. The van der Waals surface area contributed by atoms with Crippen LogP contribution in [0.15, 0.2) is 42.1 Å². The Labute approximate surface area is 242 Å². The number of hydrogen-bond acceptors (Lipinski definition) is 6. The number of nitrogens with one attached hydrogen (secondary N) is 1. The van der Waals surface area contributed by atoms with Gasteiger partial charge in [-0.05, 0) is 49.9 Å². The van der Waals surface area contributed by atoms with Gasteiger partial charge in [-0.1, -0.05) is 13.0 Å². The van der Waals surface area contributed by atoms with Gasteiger partial charge in [0.2, 0.25) is 0 Å². The van der Waals surface area contributed by atoms with Crippen LogP contribution in [0.2, 0.25) is 0 Å². The largest absolute Gasteiger partial charge is 0.497 e. The molecule has 4 amide bonds. The molecule has 2 aromatic rings. The first-order valence-corrected chi connectivity index (χ1v) is 14.1. The molecule has 0 radical (unpaired) electrons. The van der Waals surface area contributed by atoms with Gasteiger partial charge in [0.1, 0.15) is 23.0 Å². The molecule has 4 rings (SSSR count). The number of carbonyl (C=O) groups is 2. The molecule has 41 heavy (non-hydrogen) atoms. The van der Waals surface area contributed by atoms with E-state index in [9.17, 15) is 9.59 Å². The van der Waals surface area contributed by atoms with E-state index in [0.29, 0.717) is 74.9 Å². The van der Waals surface area contributed by atoms with Crippen LogP contribution < -0.4 is 24.3 Å². The van der Waals surface area contributed by atoms with Gasteiger partial charge in [-0.3, -0.25) is 4.90 Å². The third-order valence-electron chi connectivity index (χ3n) is 7.77. The first kappa shape index (κ1) is 29.9. The normalized spacial score (nSPS) is 17.8. The zero-order valence-electron chi connectivity index (χ0n) is 25.0. The minimum Gasteiger partial charge on any atom is -0.497 e. The Balaban J connectivity index is 1.61. The fourth-order valence-electron chi connectivity index (χ4n) is 5.62. The molecule has 0 spiro atoms. The average molecular weight is 567 g/mol. The lowest BCUT2D eigenvalue weighted by molar-refractivity contribution is 0.163. The van der Waals surface area contributed by atoms with Crippen LogP contribution in [0, 0.1) is 0 Å². The van der Waals surface area contributed by atoms with Gasteiger partial charge in [-0.25, -0.2) is 9.59 Å². The highest BCUT2D eigenvalue weighted by Gasteiger charge is 2.31. The maximum atomic E-state index is 13.9. The molecular weight excluding hydrogens is 524 g/mol. The van der Waals surface area contributed by atoms with Crippen LogP contribution >= 0.6 is 0 Å². The predicted octanol–water partition coefficient (Wildman–Crippen LogP) is 5.68. The maximum Gasteiger partial charge on any atom is 0.324 e. The number of hydrogen-bond donors (Lipinski definition) is 1. The summed E-state index contributed by atoms with van der Waals surface area (Å²) in [6.45, 7) is 6.71. The molecule has 1 N–H and O–H groups in total. The first-order valence-electron chi connectivity index (χ1n) is 14.1. The second-order valence-electron chi connectivity index (χ2n) is 10.2. The summed E-state index contributed by atoms with van der Waals surface area (Å²) in [5.74, 6) is 2.66. The zero-order valence-corrected chi connectivity index (χ0v) is 25.0. The van der Waals surface area contributed by atoms with Crippen molar-refractivity contribution in [3.63, 3.8) is 0 Å². The summed E-state index contributed by atoms with van der Waals surface area (Å²) < 4.78 is 22.1. The molecule has 0 aromatic heterocycles. The van der Waals surface area contributed by atoms with Crippen molar-refractivity contribution >= 4 is 17.7 Å². The van der Waals surface area contributed by atoms with Crippen LogP contribution in [0.5, 0.6) is 23.0 Å². The van der Waals surface area contributed by atoms with Crippen molar-refractivity contribution in [1.29, 1.82) is 0 Å². The Kier molecular flexibility index (Phi) is 9.86. The molecule has 0 bridgehead atoms. The quantitative estimate of drug-likeness (QED) is 0.483. The van der Waals surface area contributed by atoms with Crippen LogP contribution in [0.25, 0.3) is 0 Å². The molecule has 0 aliphatic carbocycles. The smallest absolute Gasteiger partial charge is 0.324 e. The molecule has 1 atom stereocenters. The summed E-state index contributed by atoms with van der Waals surface area (Å²) in [6, 6.07) is 8.95. The van der Waals surface area contributed by atoms with E-state index in [2.05, 4.69) is 18.3 Å². The molecule has 2 aliphatic rings. The highest BCUT2D eigenvalue weighted by atomic mass is 16.5. The third kappa shape index (κ3) is 6.64. The summed E-state index contributed by atoms with van der Waals surface area (Å²) in [6.07, 6.45) is 4.17. The minimum absolute atomic E-state index is 0.0267. The van der Waals surface area contributed by atoms with Crippen molar-refractivity contribution in [3.8, 4) is 23.0 Å². The lowest BCUT2D eigenvalue weighted by Crippen LogP contribution is -2.43. The first-order chi connectivity index (χ1) is 19.8. The van der Waals surface area contributed by atoms with E-state index in [1.165, 1.54) is 0 Å². The Morgan fingerprint density at radius 3 is 2.34 bits per heavy atom. The fourth-order valence-corrected chi connectivity index (χ4v) is 5.62. The number of benzene rings is 2. The predicted molar refractivity (Wildman–Crippen MR) is 158 cm³/mol. The van der Waals surface area contributed by atoms with E-state index in [1.807, 2.05) is 33.8 Å². The molecule has 2 heterocycles. The molecule has 10 nitrogen and oxygen atoms in total. The number of nitrogens with zero attached hydrogens (tertiary/aromatic N) is 3. The number of anilines is 1. The van der Waals surface area contributed by atoms with Crippen LogP contribution in [0.4, 0.5) is 15.3 Å². The Morgan fingerprint density at radius 2 is 1.66 bits per heavy atom. The number of rotatable bonds is 6. The molecule has 0 saturated carbocycles. The average Bonchev–Trinajstić information content (AvgIpc) is 3.14. The molecule has 2 aliphatic heterocycles. The van der Waals surface area contributed by atoms with Gasteiger partial charge in [0.15, 0.2) is 0 Å². The highest BCUT2D eigenvalue weighted by molar-refractivity contribution is 5.91. The van der Waals surface area contributed by atoms with Crippen LogP contribution in [-0.2, 0) is 6.54 Å². The lowest BCUT2D eigenvalue weighted by Gasteiger charge is -2.31. The van der Waals surface area contributed by atoms with Crippen LogP contribution in [0.3, 0.4) is 0 Å². The van der Waals surface area contributed by atoms with Gasteiger partial charge in [0.05, 0.1) is 40.7 Å². The molecule has 2 aromatic carbocycles. The fraction of sp³-hybridized carbons (Fsp3) is 0.484. The number of fused-ring (bicyclic) bond motifs is 2. The van der Waals surface area contributed by atoms with Crippen LogP contribution in [0.1, 0.15) is 50.2 Å². The maximum absolute atomic E-state index is 13.9. The number of ether oxygens (including phenoxy) is 4. The van der Waals surface area contributed by atoms with Gasteiger partial charge in [0.25, 0.3) is 0 Å². The second kappa shape index (κ2) is 13.5. The van der Waals surface area contributed by atoms with Gasteiger partial charge >= 0.3 is 12.1 Å². The molecule has 222 valence electrons. The number of carbonyl (C=O) groups excluding carboxylic acids is 2. The minimum atomic E-state index is -0.213. The number of allylic oxidation sites excluding steroid dienone is 2. The standard InChI is InChI=1S/C31H42N4O6/c1-7-33-14-9-15-34(30(36)32-26-18-24(38-3)11-12-27(26)40-5)13-8-10-23-16-21(2)29-22(20-35(23)31(33)37)17-25(39-4)19-28(29)41-6/h11-12,16-19,21H,7-10,13-15,20H2,1-6H3,(H,32,36)/t21-/m0/s1. The summed E-state index contributed by atoms with van der Waals surface area (Å²) >= 11 is 0. The SMILES string of the molecule is CCN1CCCN(C(=O)Nc2cc(OC)ccc2OC)CCCC2=C[C@H](C)c3c(cc(OC)cc3OC)CN2C1=O. The van der Waals surface area contributed by atoms with E-state index in [1.54, 1.807) is 46.6 Å². The molecule has 10 heteroatoms. The van der Waals surface area contributed by atoms with Crippen molar-refractivity contribution < 1.29 is 28.5 Å². The number of urea groups is 2. The zero-order chi connectivity index (χ0) is 29.5. The van der Waals surface area contributed by atoms with Crippen molar-refractivity contribution in [2.24, 2.45) is 0 Å². The lowest BCUT2D eigenvalue weighted by atomic mass is 9.94. The topological polar surface area (TPSA) is 92.8 Å². The summed E-state index contributed by atoms with van der Waals surface area (Å²) in [5.41, 5.74) is 3.57. The van der Waals surface area contributed by atoms with E-state index in [-0.39, 0.29) is 18.0 Å². The number of amides is 4. The Morgan fingerprint density at radius 1 is 0.927 bits per heavy atom. The van der Waals surface area contributed by atoms with E-state index in [0.717, 1.165) is 22.6 Å². The monoisotopic (exact) mass is 566 g/mol. The van der Waals surface area contributed by atoms with Crippen molar-refractivity contribution in [3.05, 3.63) is 53.2 Å². The summed E-state index contributed by atoms with van der Waals surface area (Å²) in [4.78, 5) is 33.0. The van der Waals surface area contributed by atoms with Crippen molar-refractivity contribution in [2.75, 3.05) is 59.9 Å². The van der Waals surface area contributed by atoms with Crippen molar-refractivity contribution in [2.45, 2.75) is 45.6 Å². The van der Waals surface area contributed by atoms with Crippen molar-refractivity contribution in [1.82, 2.24) is 14.7 Å². The van der Waals surface area contributed by atoms with Gasteiger partial charge in [0, 0.05) is 55.5 Å². The van der Waals surface area contributed by atoms with E-state index >= 15 is 0 Å². The van der Waals surface area contributed by atoms with E-state index in [4.69, 9.17) is 18.9 Å². The third-order valence-corrected chi connectivity index (χ3v) is 7.77. The van der Waals surface area contributed by atoms with Gasteiger partial charge in [-0.15, -0.1) is 0 Å². The molecule has 1 fully saturated rings.